The zero-order valence-electron chi connectivity index (χ0n) is 21.9. The number of aryl methyl sites for hydroxylation is 3. The number of imide groups is 1. The van der Waals surface area contributed by atoms with E-state index < -0.39 is 22.1 Å². The second-order valence-corrected chi connectivity index (χ2v) is 11.8. The molecular formula is C29H31N5O4S. The smallest absolute Gasteiger partial charge is 0.325 e. The summed E-state index contributed by atoms with van der Waals surface area (Å²) in [5, 5.41) is 4.55. The normalized spacial score (nSPS) is 14.7. The topological polar surface area (TPSA) is 113 Å². The lowest BCUT2D eigenvalue weighted by atomic mass is 9.88. The molecule has 0 aliphatic carbocycles. The molecule has 1 fully saturated rings. The monoisotopic (exact) mass is 545 g/mol. The van der Waals surface area contributed by atoms with Crippen LogP contribution in [0.4, 0.5) is 4.79 Å². The van der Waals surface area contributed by atoms with Crippen molar-refractivity contribution in [3.05, 3.63) is 101 Å². The Balaban J connectivity index is 1.56. The van der Waals surface area contributed by atoms with Gasteiger partial charge in [-0.15, -0.1) is 0 Å². The van der Waals surface area contributed by atoms with E-state index in [0.717, 1.165) is 64.2 Å². The van der Waals surface area contributed by atoms with Crippen LogP contribution in [0.15, 0.2) is 73.3 Å². The average molecular weight is 546 g/mol. The van der Waals surface area contributed by atoms with Crippen molar-refractivity contribution in [1.29, 1.82) is 0 Å². The van der Waals surface area contributed by atoms with Gasteiger partial charge in [0, 0.05) is 25.5 Å². The standard InChI is InChI=1S/C29H31N5O4S/c1-20-5-3-7-24-25(20)15-22(6-4-13-33-14-12-30-19-33)16-26(24)28(34-18-27(35)32-29(34)36)23-10-8-21(9-11-23)17-31-39(2,37)38/h3,5,7-12,14-16,19,28,31H,4,6,13,17-18H2,1-2H3,(H,32,35,36). The molecule has 2 heterocycles. The Morgan fingerprint density at radius 3 is 2.51 bits per heavy atom. The summed E-state index contributed by atoms with van der Waals surface area (Å²) in [6, 6.07) is 17.0. The summed E-state index contributed by atoms with van der Waals surface area (Å²) in [6.45, 7) is 3.04. The molecule has 0 spiro atoms. The van der Waals surface area contributed by atoms with Crippen molar-refractivity contribution in [3.8, 4) is 0 Å². The van der Waals surface area contributed by atoms with Crippen LogP contribution < -0.4 is 10.0 Å². The molecule has 2 N–H and O–H groups in total. The van der Waals surface area contributed by atoms with Crippen molar-refractivity contribution >= 4 is 32.7 Å². The first-order chi connectivity index (χ1) is 18.7. The molecule has 1 aromatic heterocycles. The molecule has 202 valence electrons. The van der Waals surface area contributed by atoms with Crippen molar-refractivity contribution in [2.24, 2.45) is 0 Å². The van der Waals surface area contributed by atoms with Gasteiger partial charge in [0.05, 0.1) is 18.6 Å². The number of aromatic nitrogens is 2. The van der Waals surface area contributed by atoms with E-state index in [1.54, 1.807) is 11.1 Å². The lowest BCUT2D eigenvalue weighted by Gasteiger charge is -2.29. The van der Waals surface area contributed by atoms with Crippen molar-refractivity contribution in [1.82, 2.24) is 24.5 Å². The van der Waals surface area contributed by atoms with E-state index in [2.05, 4.69) is 50.8 Å². The van der Waals surface area contributed by atoms with E-state index in [0.29, 0.717) is 0 Å². The van der Waals surface area contributed by atoms with Gasteiger partial charge in [0.2, 0.25) is 15.9 Å². The lowest BCUT2D eigenvalue weighted by Crippen LogP contribution is -2.33. The van der Waals surface area contributed by atoms with Crippen LogP contribution in [0.1, 0.15) is 40.3 Å². The van der Waals surface area contributed by atoms with Crippen LogP contribution in [0.2, 0.25) is 0 Å². The maximum Gasteiger partial charge on any atom is 0.325 e. The van der Waals surface area contributed by atoms with Gasteiger partial charge in [-0.3, -0.25) is 10.1 Å². The number of carbonyl (C=O) groups is 2. The van der Waals surface area contributed by atoms with Gasteiger partial charge in [0.15, 0.2) is 0 Å². The molecule has 3 amide bonds. The van der Waals surface area contributed by atoms with Crippen LogP contribution in [0.25, 0.3) is 10.8 Å². The minimum Gasteiger partial charge on any atom is -0.337 e. The highest BCUT2D eigenvalue weighted by atomic mass is 32.2. The third-order valence-corrected chi connectivity index (χ3v) is 7.68. The number of nitrogens with one attached hydrogen (secondary N) is 2. The molecule has 0 saturated carbocycles. The first-order valence-corrected chi connectivity index (χ1v) is 14.7. The molecule has 0 bridgehead atoms. The minimum atomic E-state index is -3.33. The van der Waals surface area contributed by atoms with E-state index in [1.165, 1.54) is 0 Å². The third-order valence-electron chi connectivity index (χ3n) is 7.01. The van der Waals surface area contributed by atoms with Crippen molar-refractivity contribution in [3.63, 3.8) is 0 Å². The van der Waals surface area contributed by atoms with Gasteiger partial charge in [0.1, 0.15) is 6.54 Å². The molecule has 3 aromatic carbocycles. The first kappa shape index (κ1) is 26.6. The second kappa shape index (κ2) is 11.0. The maximum atomic E-state index is 13.0. The fourth-order valence-electron chi connectivity index (χ4n) is 5.11. The second-order valence-electron chi connectivity index (χ2n) is 9.98. The molecule has 1 aliphatic heterocycles. The van der Waals surface area contributed by atoms with Gasteiger partial charge in [-0.25, -0.2) is 22.9 Å². The van der Waals surface area contributed by atoms with Gasteiger partial charge in [0.25, 0.3) is 0 Å². The number of nitrogens with zero attached hydrogens (tertiary/aromatic N) is 3. The van der Waals surface area contributed by atoms with E-state index in [9.17, 15) is 18.0 Å². The number of benzene rings is 3. The zero-order valence-corrected chi connectivity index (χ0v) is 22.7. The van der Waals surface area contributed by atoms with E-state index in [-0.39, 0.29) is 19.0 Å². The van der Waals surface area contributed by atoms with Crippen molar-refractivity contribution in [2.45, 2.75) is 38.9 Å². The summed E-state index contributed by atoms with van der Waals surface area (Å²) in [5.41, 5.74) is 4.85. The van der Waals surface area contributed by atoms with Crippen LogP contribution in [-0.2, 0) is 34.3 Å². The number of imidazole rings is 1. The van der Waals surface area contributed by atoms with Crippen LogP contribution in [-0.4, -0.2) is 47.6 Å². The number of rotatable bonds is 10. The molecular weight excluding hydrogens is 514 g/mol. The predicted molar refractivity (Wildman–Crippen MR) is 149 cm³/mol. The largest absolute Gasteiger partial charge is 0.337 e. The molecule has 9 nitrogen and oxygen atoms in total. The molecule has 4 aromatic rings. The summed E-state index contributed by atoms with van der Waals surface area (Å²) >= 11 is 0. The molecule has 0 radical (unpaired) electrons. The number of amides is 3. The van der Waals surface area contributed by atoms with Crippen LogP contribution in [0.5, 0.6) is 0 Å². The van der Waals surface area contributed by atoms with Crippen LogP contribution in [0, 0.1) is 6.92 Å². The number of hydrogen-bond donors (Lipinski definition) is 2. The highest BCUT2D eigenvalue weighted by Crippen LogP contribution is 2.37. The highest BCUT2D eigenvalue weighted by molar-refractivity contribution is 7.88. The van der Waals surface area contributed by atoms with Gasteiger partial charge in [-0.2, -0.15) is 0 Å². The number of hydrogen-bond acceptors (Lipinski definition) is 5. The Bertz CT molecular complexity index is 1620. The van der Waals surface area contributed by atoms with Gasteiger partial charge in [-0.05, 0) is 58.4 Å². The Hall–Kier alpha value is -4.02. The van der Waals surface area contributed by atoms with E-state index in [1.807, 2.05) is 42.9 Å². The van der Waals surface area contributed by atoms with Gasteiger partial charge >= 0.3 is 6.03 Å². The van der Waals surface area contributed by atoms with Gasteiger partial charge in [-0.1, -0.05) is 54.6 Å². The fourth-order valence-corrected chi connectivity index (χ4v) is 5.54. The van der Waals surface area contributed by atoms with Gasteiger partial charge < -0.3 is 9.47 Å². The van der Waals surface area contributed by atoms with Crippen molar-refractivity contribution < 1.29 is 18.0 Å². The van der Waals surface area contributed by atoms with E-state index in [4.69, 9.17) is 0 Å². The maximum absolute atomic E-state index is 13.0. The molecule has 39 heavy (non-hydrogen) atoms. The number of urea groups is 1. The third kappa shape index (κ3) is 6.18. The molecule has 1 saturated heterocycles. The fraction of sp³-hybridized carbons (Fsp3) is 0.276. The van der Waals surface area contributed by atoms with Crippen LogP contribution in [0.3, 0.4) is 0 Å². The summed E-state index contributed by atoms with van der Waals surface area (Å²) < 4.78 is 27.6. The summed E-state index contributed by atoms with van der Waals surface area (Å²) in [7, 11) is -3.33. The molecule has 1 unspecified atom stereocenters. The van der Waals surface area contributed by atoms with Crippen molar-refractivity contribution in [2.75, 3.05) is 12.8 Å². The number of fused-ring (bicyclic) bond motifs is 1. The number of carbonyl (C=O) groups excluding carboxylic acids is 2. The Kier molecular flexibility index (Phi) is 7.49. The van der Waals surface area contributed by atoms with Crippen LogP contribution >= 0.6 is 0 Å². The minimum absolute atomic E-state index is 0.0426. The Morgan fingerprint density at radius 2 is 1.85 bits per heavy atom. The lowest BCUT2D eigenvalue weighted by molar-refractivity contribution is -0.118. The highest BCUT2D eigenvalue weighted by Gasteiger charge is 2.35. The average Bonchev–Trinajstić information content (AvgIpc) is 3.53. The van der Waals surface area contributed by atoms with E-state index >= 15 is 0 Å². The summed E-state index contributed by atoms with van der Waals surface area (Å²) in [5.74, 6) is -0.337. The molecule has 1 atom stereocenters. The Labute approximate surface area is 227 Å². The Morgan fingerprint density at radius 1 is 1.05 bits per heavy atom. The molecule has 1 aliphatic rings. The predicted octanol–water partition coefficient (Wildman–Crippen LogP) is 3.67. The quantitative estimate of drug-likeness (QED) is 0.295. The summed E-state index contributed by atoms with van der Waals surface area (Å²) in [4.78, 5) is 30.9. The molecule has 10 heteroatoms. The first-order valence-electron chi connectivity index (χ1n) is 12.8. The summed E-state index contributed by atoms with van der Waals surface area (Å²) in [6.07, 6.45) is 8.41. The zero-order chi connectivity index (χ0) is 27.6. The molecule has 5 rings (SSSR count). The number of sulfonamides is 1. The SMILES string of the molecule is Cc1cccc2c(C(c3ccc(CNS(C)(=O)=O)cc3)N3CC(=O)NC3=O)cc(CCCn3ccnc3)cc12.